The van der Waals surface area contributed by atoms with Crippen molar-refractivity contribution in [1.82, 2.24) is 4.90 Å². The molecule has 1 aliphatic rings. The van der Waals surface area contributed by atoms with E-state index in [0.29, 0.717) is 43.9 Å². The smallest absolute Gasteiger partial charge is 0.441 e. The van der Waals surface area contributed by atoms with E-state index in [4.69, 9.17) is 23.3 Å². The fourth-order valence-electron chi connectivity index (χ4n) is 4.69. The highest BCUT2D eigenvalue weighted by molar-refractivity contribution is 7.47. The minimum atomic E-state index is -4.28. The molecular formula is C31H64N2O8P+. The molecule has 0 aliphatic carbocycles. The Bertz CT molecular complexity index is 701. The molecule has 0 aromatic carbocycles. The zero-order chi connectivity index (χ0) is 30.9. The number of carbonyl (C=O) groups excluding carboxylic acids is 1. The molecule has 1 aliphatic heterocycles. The predicted octanol–water partition coefficient (Wildman–Crippen LogP) is 6.94. The van der Waals surface area contributed by atoms with Gasteiger partial charge in [-0.2, -0.15) is 0 Å². The number of hydrogen-bond acceptors (Lipinski definition) is 7. The number of ether oxygens (including phenoxy) is 3. The molecule has 10 nitrogen and oxygen atoms in total. The predicted molar refractivity (Wildman–Crippen MR) is 168 cm³/mol. The van der Waals surface area contributed by atoms with E-state index in [0.717, 1.165) is 12.8 Å². The Hall–Kier alpha value is -0.740. The normalized spacial score (nSPS) is 16.4. The first-order valence-corrected chi connectivity index (χ1v) is 18.2. The highest BCUT2D eigenvalue weighted by Crippen LogP contribution is 2.43. The number of amides is 1. The lowest BCUT2D eigenvalue weighted by Gasteiger charge is -2.28. The minimum absolute atomic E-state index is 0.0747. The average Bonchev–Trinajstić information content (AvgIpc) is 2.94. The lowest BCUT2D eigenvalue weighted by atomic mass is 10.0. The van der Waals surface area contributed by atoms with Gasteiger partial charge in [0.1, 0.15) is 13.2 Å². The van der Waals surface area contributed by atoms with E-state index in [1.807, 2.05) is 21.1 Å². The molecule has 0 bridgehead atoms. The fourth-order valence-corrected chi connectivity index (χ4v) is 5.43. The second-order valence-corrected chi connectivity index (χ2v) is 14.0. The molecule has 1 rings (SSSR count). The number of nitrogens with zero attached hydrogens (tertiary/aromatic N) is 2. The van der Waals surface area contributed by atoms with Gasteiger partial charge in [0.2, 0.25) is 0 Å². The molecule has 42 heavy (non-hydrogen) atoms. The van der Waals surface area contributed by atoms with Gasteiger partial charge in [0.15, 0.2) is 6.10 Å². The first-order valence-electron chi connectivity index (χ1n) is 16.7. The molecule has 1 amide bonds. The summed E-state index contributed by atoms with van der Waals surface area (Å²) in [5, 5.41) is 0. The maximum Gasteiger partial charge on any atom is 0.472 e. The van der Waals surface area contributed by atoms with Gasteiger partial charge in [-0.3, -0.25) is 9.05 Å². The molecule has 1 N–H and O–H groups in total. The molecule has 1 fully saturated rings. The van der Waals surface area contributed by atoms with E-state index in [2.05, 4.69) is 6.92 Å². The SMILES string of the molecule is CCCCCCCCCCCCCCCCCCOCC(COP(=O)(O)OCC[N+](C)(C)C)OC(=O)N1CCOCC1. The Kier molecular flexibility index (Phi) is 23.0. The largest absolute Gasteiger partial charge is 0.472 e. The summed E-state index contributed by atoms with van der Waals surface area (Å²) in [4.78, 5) is 24.2. The van der Waals surface area contributed by atoms with Gasteiger partial charge in [-0.25, -0.2) is 9.36 Å². The summed E-state index contributed by atoms with van der Waals surface area (Å²) in [6.07, 6.45) is 19.6. The summed E-state index contributed by atoms with van der Waals surface area (Å²) in [6, 6.07) is 0. The molecule has 2 unspecified atom stereocenters. The first kappa shape index (κ1) is 39.3. The van der Waals surface area contributed by atoms with Gasteiger partial charge in [0, 0.05) is 19.7 Å². The van der Waals surface area contributed by atoms with Crippen molar-refractivity contribution in [3.63, 3.8) is 0 Å². The van der Waals surface area contributed by atoms with E-state index in [1.165, 1.54) is 89.9 Å². The second-order valence-electron chi connectivity index (χ2n) is 12.6. The number of morpholine rings is 1. The maximum atomic E-state index is 12.6. The van der Waals surface area contributed by atoms with Crippen LogP contribution in [0.25, 0.3) is 0 Å². The summed E-state index contributed by atoms with van der Waals surface area (Å²) in [6.45, 7) is 5.04. The number of likely N-dealkylation sites (N-methyl/N-ethyl adjacent to an activating group) is 1. The highest BCUT2D eigenvalue weighted by Gasteiger charge is 2.28. The molecule has 0 spiro atoms. The molecule has 0 radical (unpaired) electrons. The Morgan fingerprint density at radius 3 is 1.79 bits per heavy atom. The molecule has 1 heterocycles. The van der Waals surface area contributed by atoms with Gasteiger partial charge in [0.05, 0.1) is 47.6 Å². The molecule has 0 saturated carbocycles. The van der Waals surface area contributed by atoms with Gasteiger partial charge >= 0.3 is 13.9 Å². The molecule has 2 atom stereocenters. The van der Waals surface area contributed by atoms with Crippen LogP contribution in [0.4, 0.5) is 4.79 Å². The lowest BCUT2D eigenvalue weighted by Crippen LogP contribution is -2.43. The van der Waals surface area contributed by atoms with Crippen LogP contribution in [0.1, 0.15) is 110 Å². The third-order valence-corrected chi connectivity index (χ3v) is 8.41. The van der Waals surface area contributed by atoms with E-state index in [1.54, 1.807) is 4.90 Å². The molecule has 0 aromatic heterocycles. The van der Waals surface area contributed by atoms with Crippen molar-refractivity contribution in [2.45, 2.75) is 116 Å². The summed E-state index contributed by atoms with van der Waals surface area (Å²) >= 11 is 0. The van der Waals surface area contributed by atoms with Gasteiger partial charge in [-0.1, -0.05) is 103 Å². The van der Waals surface area contributed by atoms with E-state index in [-0.39, 0.29) is 19.8 Å². The third kappa shape index (κ3) is 23.7. The van der Waals surface area contributed by atoms with Gasteiger partial charge in [-0.05, 0) is 6.42 Å². The summed E-state index contributed by atoms with van der Waals surface area (Å²) in [7, 11) is 1.61. The van der Waals surface area contributed by atoms with Crippen LogP contribution in [0.3, 0.4) is 0 Å². The molecule has 11 heteroatoms. The Labute approximate surface area is 256 Å². The van der Waals surface area contributed by atoms with E-state index in [9.17, 15) is 14.3 Å². The number of phosphoric ester groups is 1. The summed E-state index contributed by atoms with van der Waals surface area (Å²) < 4.78 is 39.8. The van der Waals surface area contributed by atoms with Crippen LogP contribution in [0.15, 0.2) is 0 Å². The summed E-state index contributed by atoms with van der Waals surface area (Å²) in [5.41, 5.74) is 0. The highest BCUT2D eigenvalue weighted by atomic mass is 31.2. The van der Waals surface area contributed by atoms with Gasteiger partial charge < -0.3 is 28.5 Å². The monoisotopic (exact) mass is 623 g/mol. The van der Waals surface area contributed by atoms with Crippen molar-refractivity contribution in [3.8, 4) is 0 Å². The quantitative estimate of drug-likeness (QED) is 0.0596. The number of carbonyl (C=O) groups is 1. The van der Waals surface area contributed by atoms with Crippen LogP contribution in [0, 0.1) is 0 Å². The topological polar surface area (TPSA) is 104 Å². The number of hydrogen-bond donors (Lipinski definition) is 1. The second kappa shape index (κ2) is 24.6. The molecule has 1 saturated heterocycles. The summed E-state index contributed by atoms with van der Waals surface area (Å²) in [5.74, 6) is 0. The van der Waals surface area contributed by atoms with Crippen molar-refractivity contribution >= 4 is 13.9 Å². The van der Waals surface area contributed by atoms with Crippen LogP contribution < -0.4 is 0 Å². The first-order chi connectivity index (χ1) is 20.1. The number of unbranched alkanes of at least 4 members (excludes halogenated alkanes) is 15. The fraction of sp³-hybridized carbons (Fsp3) is 0.968. The lowest BCUT2D eigenvalue weighted by molar-refractivity contribution is -0.870. The van der Waals surface area contributed by atoms with Crippen LogP contribution >= 0.6 is 7.82 Å². The Morgan fingerprint density at radius 2 is 1.29 bits per heavy atom. The van der Waals surface area contributed by atoms with Crippen LogP contribution in [-0.2, 0) is 27.8 Å². The van der Waals surface area contributed by atoms with Gasteiger partial charge in [-0.15, -0.1) is 0 Å². The van der Waals surface area contributed by atoms with Crippen molar-refractivity contribution in [2.24, 2.45) is 0 Å². The molecule has 250 valence electrons. The number of phosphoric acid groups is 1. The van der Waals surface area contributed by atoms with Crippen molar-refractivity contribution in [2.75, 3.05) is 80.4 Å². The number of rotatable bonds is 27. The standard InChI is InChI=1S/C31H63N2O8P/c1-5-6-7-8-9-10-11-12-13-14-15-16-17-18-19-20-24-38-28-30(41-31(34)32-21-25-37-26-22-32)29-40-42(35,36)39-27-23-33(2,3)4/h30H,5-29H2,1-4H3/p+1. The van der Waals surface area contributed by atoms with E-state index >= 15 is 0 Å². The van der Waals surface area contributed by atoms with Crippen LogP contribution in [-0.4, -0.2) is 107 Å². The molecular weight excluding hydrogens is 559 g/mol. The van der Waals surface area contributed by atoms with Gasteiger partial charge in [0.25, 0.3) is 0 Å². The van der Waals surface area contributed by atoms with E-state index < -0.39 is 20.0 Å². The number of quaternary nitrogens is 1. The minimum Gasteiger partial charge on any atom is -0.441 e. The van der Waals surface area contributed by atoms with Crippen LogP contribution in [0.5, 0.6) is 0 Å². The van der Waals surface area contributed by atoms with Crippen molar-refractivity contribution in [3.05, 3.63) is 0 Å². The van der Waals surface area contributed by atoms with Crippen LogP contribution in [0.2, 0.25) is 0 Å². The Morgan fingerprint density at radius 1 is 0.786 bits per heavy atom. The Balaban J connectivity index is 2.18. The zero-order valence-electron chi connectivity index (χ0n) is 27.4. The average molecular weight is 624 g/mol. The third-order valence-electron chi connectivity index (χ3n) is 7.42. The van der Waals surface area contributed by atoms with Crippen molar-refractivity contribution in [1.29, 1.82) is 0 Å². The zero-order valence-corrected chi connectivity index (χ0v) is 28.3. The maximum absolute atomic E-state index is 12.6. The molecule has 0 aromatic rings. The van der Waals surface area contributed by atoms with Crippen molar-refractivity contribution < 1.29 is 42.0 Å².